The van der Waals surface area contributed by atoms with E-state index in [1.807, 2.05) is 97.1 Å². The molecule has 0 saturated carbocycles. The summed E-state index contributed by atoms with van der Waals surface area (Å²) in [4.78, 5) is 39.2. The van der Waals surface area contributed by atoms with Crippen molar-refractivity contribution in [3.05, 3.63) is 154 Å². The number of nitrogens with two attached hydrogens (primary N) is 1. The molecule has 0 aromatic heterocycles. The number of ether oxygens (including phenoxy) is 2. The van der Waals surface area contributed by atoms with E-state index in [1.165, 1.54) is 12.1 Å². The van der Waals surface area contributed by atoms with Gasteiger partial charge in [-0.1, -0.05) is 97.1 Å². The molecule has 5 aromatic rings. The van der Waals surface area contributed by atoms with Crippen LogP contribution in [0.5, 0.6) is 0 Å². The zero-order chi connectivity index (χ0) is 31.1. The Balaban J connectivity index is 1.15. The van der Waals surface area contributed by atoms with Gasteiger partial charge in [-0.2, -0.15) is 0 Å². The van der Waals surface area contributed by atoms with Crippen molar-refractivity contribution in [2.45, 2.75) is 18.4 Å². The Bertz CT molecular complexity index is 1910. The average molecular weight is 596 g/mol. The molecule has 222 valence electrons. The molecule has 0 aliphatic heterocycles. The van der Waals surface area contributed by atoms with Gasteiger partial charge in [0, 0.05) is 18.4 Å². The minimum absolute atomic E-state index is 0.0362. The van der Waals surface area contributed by atoms with Gasteiger partial charge in [0.05, 0.1) is 16.7 Å². The molecule has 7 heteroatoms. The molecule has 3 N–H and O–H groups in total. The third kappa shape index (κ3) is 4.87. The highest BCUT2D eigenvalue weighted by Gasteiger charge is 2.32. The van der Waals surface area contributed by atoms with Gasteiger partial charge in [0.2, 0.25) is 0 Å². The molecule has 2 aliphatic carbocycles. The second-order valence-corrected chi connectivity index (χ2v) is 11.2. The quantitative estimate of drug-likeness (QED) is 0.190. The van der Waals surface area contributed by atoms with Crippen molar-refractivity contribution in [3.63, 3.8) is 0 Å². The Kier molecular flexibility index (Phi) is 7.23. The summed E-state index contributed by atoms with van der Waals surface area (Å²) in [5.41, 5.74) is 14.2. The molecule has 7 rings (SSSR count). The minimum atomic E-state index is -1.31. The van der Waals surface area contributed by atoms with E-state index in [-0.39, 0.29) is 53.8 Å². The summed E-state index contributed by atoms with van der Waals surface area (Å²) in [7, 11) is 0. The SMILES string of the molecule is NCc1c(C(=O)O)cc(C(=O)OCC2c3ccccc3-c3ccccc32)cc1C(=O)OCC1c2ccccc2-c2ccccc21. The zero-order valence-electron chi connectivity index (χ0n) is 24.2. The van der Waals surface area contributed by atoms with E-state index in [2.05, 4.69) is 0 Å². The lowest BCUT2D eigenvalue weighted by molar-refractivity contribution is 0.0491. The third-order valence-corrected chi connectivity index (χ3v) is 8.83. The Morgan fingerprint density at radius 3 is 1.36 bits per heavy atom. The van der Waals surface area contributed by atoms with Crippen molar-refractivity contribution in [3.8, 4) is 22.3 Å². The predicted octanol–water partition coefficient (Wildman–Crippen LogP) is 6.78. The van der Waals surface area contributed by atoms with Crippen LogP contribution in [0.4, 0.5) is 0 Å². The van der Waals surface area contributed by atoms with Crippen molar-refractivity contribution < 1.29 is 29.0 Å². The number of carbonyl (C=O) groups is 3. The third-order valence-electron chi connectivity index (χ3n) is 8.83. The Hall–Kier alpha value is -5.53. The van der Waals surface area contributed by atoms with Gasteiger partial charge in [-0.25, -0.2) is 14.4 Å². The molecular formula is C38H29NO6. The zero-order valence-corrected chi connectivity index (χ0v) is 24.2. The number of hydrogen-bond acceptors (Lipinski definition) is 6. The van der Waals surface area contributed by atoms with Crippen molar-refractivity contribution in [1.29, 1.82) is 0 Å². The maximum Gasteiger partial charge on any atom is 0.338 e. The van der Waals surface area contributed by atoms with E-state index in [0.29, 0.717) is 0 Å². The molecule has 0 radical (unpaired) electrons. The highest BCUT2D eigenvalue weighted by molar-refractivity contribution is 6.02. The number of rotatable bonds is 8. The fraction of sp³-hybridized carbons (Fsp3) is 0.132. The normalized spacial score (nSPS) is 13.0. The van der Waals surface area contributed by atoms with Gasteiger partial charge in [0.25, 0.3) is 0 Å². The number of hydrogen-bond donors (Lipinski definition) is 2. The number of benzene rings is 5. The van der Waals surface area contributed by atoms with Gasteiger partial charge in [-0.05, 0) is 62.2 Å². The number of carboxylic acid groups (broad SMARTS) is 1. The van der Waals surface area contributed by atoms with Crippen LogP contribution < -0.4 is 5.73 Å². The number of carboxylic acids is 1. The first-order valence-electron chi connectivity index (χ1n) is 14.8. The molecule has 45 heavy (non-hydrogen) atoms. The van der Waals surface area contributed by atoms with E-state index in [1.54, 1.807) is 0 Å². The molecule has 0 unspecified atom stereocenters. The lowest BCUT2D eigenvalue weighted by Gasteiger charge is -2.17. The monoisotopic (exact) mass is 595 g/mol. The molecule has 0 fully saturated rings. The van der Waals surface area contributed by atoms with E-state index in [4.69, 9.17) is 15.2 Å². The van der Waals surface area contributed by atoms with Crippen LogP contribution in [-0.4, -0.2) is 36.2 Å². The number of aromatic carboxylic acids is 1. The Morgan fingerprint density at radius 2 is 0.956 bits per heavy atom. The smallest absolute Gasteiger partial charge is 0.338 e. The van der Waals surface area contributed by atoms with Gasteiger partial charge < -0.3 is 20.3 Å². The largest absolute Gasteiger partial charge is 0.478 e. The number of esters is 2. The summed E-state index contributed by atoms with van der Waals surface area (Å²) >= 11 is 0. The van der Waals surface area contributed by atoms with Crippen LogP contribution in [0.2, 0.25) is 0 Å². The van der Waals surface area contributed by atoms with E-state index < -0.39 is 17.9 Å². The Morgan fingerprint density at radius 1 is 0.578 bits per heavy atom. The van der Waals surface area contributed by atoms with Crippen LogP contribution in [0.25, 0.3) is 22.3 Å². The highest BCUT2D eigenvalue weighted by atomic mass is 16.5. The van der Waals surface area contributed by atoms with Gasteiger partial charge in [-0.3, -0.25) is 0 Å². The van der Waals surface area contributed by atoms with Gasteiger partial charge in [-0.15, -0.1) is 0 Å². The molecule has 0 spiro atoms. The van der Waals surface area contributed by atoms with Crippen LogP contribution in [0.3, 0.4) is 0 Å². The fourth-order valence-electron chi connectivity index (χ4n) is 6.74. The van der Waals surface area contributed by atoms with Gasteiger partial charge >= 0.3 is 17.9 Å². The van der Waals surface area contributed by atoms with Gasteiger partial charge in [0.1, 0.15) is 13.2 Å². The molecule has 0 amide bonds. The summed E-state index contributed by atoms with van der Waals surface area (Å²) in [6.45, 7) is -0.144. The first-order chi connectivity index (χ1) is 22.0. The van der Waals surface area contributed by atoms with Crippen LogP contribution in [0, 0.1) is 0 Å². The predicted molar refractivity (Wildman–Crippen MR) is 169 cm³/mol. The second-order valence-electron chi connectivity index (χ2n) is 11.2. The van der Waals surface area contributed by atoms with Crippen LogP contribution >= 0.6 is 0 Å². The van der Waals surface area contributed by atoms with Crippen LogP contribution in [-0.2, 0) is 16.0 Å². The fourth-order valence-corrected chi connectivity index (χ4v) is 6.74. The molecule has 0 bridgehead atoms. The van der Waals surface area contributed by atoms with Crippen molar-refractivity contribution in [1.82, 2.24) is 0 Å². The number of carbonyl (C=O) groups excluding carboxylic acids is 2. The molecule has 0 saturated heterocycles. The Labute approximate surface area is 259 Å². The van der Waals surface area contributed by atoms with Crippen LogP contribution in [0.15, 0.2) is 109 Å². The summed E-state index contributed by atoms with van der Waals surface area (Å²) in [6, 6.07) is 34.4. The molecule has 2 aliphatic rings. The average Bonchev–Trinajstić information content (AvgIpc) is 3.57. The lowest BCUT2D eigenvalue weighted by atomic mass is 9.96. The molecule has 0 heterocycles. The summed E-state index contributed by atoms with van der Waals surface area (Å²) in [6.07, 6.45) is 0. The van der Waals surface area contributed by atoms with E-state index >= 15 is 0 Å². The molecule has 0 atom stereocenters. The first-order valence-corrected chi connectivity index (χ1v) is 14.8. The summed E-state index contributed by atoms with van der Waals surface area (Å²) in [5.74, 6) is -3.17. The number of fused-ring (bicyclic) bond motifs is 6. The first kappa shape index (κ1) is 28.3. The highest BCUT2D eigenvalue weighted by Crippen LogP contribution is 2.46. The summed E-state index contributed by atoms with van der Waals surface area (Å²) in [5, 5.41) is 9.99. The van der Waals surface area contributed by atoms with Crippen molar-refractivity contribution in [2.75, 3.05) is 13.2 Å². The standard InChI is InChI=1S/C38H29NO6/c39-19-33-31(36(40)41)17-22(37(42)44-20-34-27-13-5-1-9-23(27)24-10-2-6-14-28(24)34)18-32(33)38(43)45-21-35-29-15-7-3-11-25(29)26-12-4-8-16-30(26)35/h1-18,34-35H,19-21,39H2,(H,40,41). The molecular weight excluding hydrogens is 566 g/mol. The lowest BCUT2D eigenvalue weighted by Crippen LogP contribution is -2.20. The van der Waals surface area contributed by atoms with Gasteiger partial charge in [0.15, 0.2) is 0 Å². The molecule has 7 nitrogen and oxygen atoms in total. The summed E-state index contributed by atoms with van der Waals surface area (Å²) < 4.78 is 11.6. The van der Waals surface area contributed by atoms with Crippen molar-refractivity contribution >= 4 is 17.9 Å². The molecule has 5 aromatic carbocycles. The van der Waals surface area contributed by atoms with E-state index in [0.717, 1.165) is 44.5 Å². The van der Waals surface area contributed by atoms with E-state index in [9.17, 15) is 19.5 Å². The maximum absolute atomic E-state index is 13.6. The van der Waals surface area contributed by atoms with Crippen molar-refractivity contribution in [2.24, 2.45) is 5.73 Å². The van der Waals surface area contributed by atoms with Crippen LogP contribution in [0.1, 0.15) is 70.7 Å². The topological polar surface area (TPSA) is 116 Å². The minimum Gasteiger partial charge on any atom is -0.478 e. The maximum atomic E-state index is 13.6. The second kappa shape index (κ2) is 11.5.